The third-order valence-electron chi connectivity index (χ3n) is 6.59. The quantitative estimate of drug-likeness (QED) is 0.844. The summed E-state index contributed by atoms with van der Waals surface area (Å²) in [7, 11) is 1.51. The SMILES string of the molecule is COc1ccc2nc(C(F)(F)CCC3C[C@@]34CCCC4C)c(=O)[nH]c2c1. The predicted octanol–water partition coefficient (Wildman–Crippen LogP) is 4.63. The second kappa shape index (κ2) is 6.03. The minimum absolute atomic E-state index is 0.301. The summed E-state index contributed by atoms with van der Waals surface area (Å²) in [5.41, 5.74) is -0.461. The average molecular weight is 362 g/mol. The first kappa shape index (κ1) is 17.4. The Morgan fingerprint density at radius 3 is 2.92 bits per heavy atom. The van der Waals surface area contributed by atoms with Gasteiger partial charge in [-0.3, -0.25) is 4.79 Å². The number of hydrogen-bond acceptors (Lipinski definition) is 3. The molecule has 0 bridgehead atoms. The molecule has 1 spiro atoms. The van der Waals surface area contributed by atoms with Crippen LogP contribution in [0.25, 0.3) is 11.0 Å². The third kappa shape index (κ3) is 2.79. The fourth-order valence-corrected chi connectivity index (χ4v) is 4.88. The van der Waals surface area contributed by atoms with Gasteiger partial charge in [0.25, 0.3) is 11.5 Å². The number of benzene rings is 1. The summed E-state index contributed by atoms with van der Waals surface area (Å²) in [5.74, 6) is -1.67. The van der Waals surface area contributed by atoms with E-state index in [1.165, 1.54) is 26.4 Å². The molecule has 2 aromatic rings. The maximum absolute atomic E-state index is 14.7. The number of halogens is 2. The molecule has 6 heteroatoms. The lowest BCUT2D eigenvalue weighted by Crippen LogP contribution is -2.27. The lowest BCUT2D eigenvalue weighted by Gasteiger charge is -2.18. The third-order valence-corrected chi connectivity index (χ3v) is 6.59. The summed E-state index contributed by atoms with van der Waals surface area (Å²) in [6.45, 7) is 2.25. The number of aromatic nitrogens is 2. The molecule has 4 rings (SSSR count). The first-order valence-corrected chi connectivity index (χ1v) is 9.32. The molecule has 1 aromatic heterocycles. The van der Waals surface area contributed by atoms with Crippen LogP contribution in [-0.2, 0) is 5.92 Å². The smallest absolute Gasteiger partial charge is 0.295 e. The van der Waals surface area contributed by atoms with E-state index in [9.17, 15) is 13.6 Å². The lowest BCUT2D eigenvalue weighted by molar-refractivity contribution is -0.0232. The number of aromatic amines is 1. The highest BCUT2D eigenvalue weighted by molar-refractivity contribution is 5.75. The number of rotatable bonds is 5. The van der Waals surface area contributed by atoms with E-state index in [1.807, 2.05) is 0 Å². The Morgan fingerprint density at radius 2 is 2.23 bits per heavy atom. The minimum atomic E-state index is -3.21. The largest absolute Gasteiger partial charge is 0.497 e. The molecule has 2 unspecified atom stereocenters. The van der Waals surface area contributed by atoms with Gasteiger partial charge in [0.2, 0.25) is 0 Å². The molecule has 2 aliphatic rings. The molecule has 2 aliphatic carbocycles. The van der Waals surface area contributed by atoms with Crippen LogP contribution in [-0.4, -0.2) is 17.1 Å². The van der Waals surface area contributed by atoms with E-state index in [1.54, 1.807) is 18.2 Å². The maximum atomic E-state index is 14.7. The van der Waals surface area contributed by atoms with Crippen molar-refractivity contribution in [3.63, 3.8) is 0 Å². The van der Waals surface area contributed by atoms with Gasteiger partial charge in [-0.15, -0.1) is 0 Å². The van der Waals surface area contributed by atoms with Crippen LogP contribution in [0.2, 0.25) is 0 Å². The zero-order valence-corrected chi connectivity index (χ0v) is 15.1. The van der Waals surface area contributed by atoms with Crippen LogP contribution in [0.4, 0.5) is 8.78 Å². The van der Waals surface area contributed by atoms with Crippen LogP contribution in [0.1, 0.15) is 51.1 Å². The van der Waals surface area contributed by atoms with Crippen molar-refractivity contribution in [3.8, 4) is 5.75 Å². The highest BCUT2D eigenvalue weighted by atomic mass is 19.3. The van der Waals surface area contributed by atoms with Gasteiger partial charge in [0.1, 0.15) is 5.75 Å². The molecule has 1 aromatic carbocycles. The zero-order valence-electron chi connectivity index (χ0n) is 15.1. The first-order chi connectivity index (χ1) is 12.4. The fraction of sp³-hybridized carbons (Fsp3) is 0.600. The van der Waals surface area contributed by atoms with Crippen molar-refractivity contribution in [2.75, 3.05) is 7.11 Å². The van der Waals surface area contributed by atoms with E-state index < -0.39 is 17.2 Å². The van der Waals surface area contributed by atoms with Crippen molar-refractivity contribution in [2.24, 2.45) is 17.3 Å². The standard InChI is InChI=1S/C20H24F2N2O2/c1-12-4-3-8-19(12)11-13(19)7-9-20(21,22)17-18(25)24-16-10-14(26-2)5-6-15(16)23-17/h5-6,10,12-13H,3-4,7-9,11H2,1-2H3,(H,24,25)/t12?,13?,19-/m1/s1. The summed E-state index contributed by atoms with van der Waals surface area (Å²) >= 11 is 0. The highest BCUT2D eigenvalue weighted by Crippen LogP contribution is 2.67. The van der Waals surface area contributed by atoms with Crippen LogP contribution in [0.3, 0.4) is 0 Å². The van der Waals surface area contributed by atoms with Gasteiger partial charge in [0, 0.05) is 12.5 Å². The predicted molar refractivity (Wildman–Crippen MR) is 95.6 cm³/mol. The Labute approximate surface area is 151 Å². The van der Waals surface area contributed by atoms with E-state index in [2.05, 4.69) is 16.9 Å². The molecular weight excluding hydrogens is 338 g/mol. The van der Waals surface area contributed by atoms with Crippen molar-refractivity contribution < 1.29 is 13.5 Å². The molecule has 1 heterocycles. The van der Waals surface area contributed by atoms with Crippen molar-refractivity contribution in [3.05, 3.63) is 34.2 Å². The van der Waals surface area contributed by atoms with Gasteiger partial charge in [-0.05, 0) is 48.6 Å². The molecule has 0 saturated heterocycles. The number of H-pyrrole nitrogens is 1. The molecule has 1 N–H and O–H groups in total. The van der Waals surface area contributed by atoms with E-state index >= 15 is 0 Å². The molecule has 0 amide bonds. The minimum Gasteiger partial charge on any atom is -0.497 e. The van der Waals surface area contributed by atoms with Gasteiger partial charge in [-0.1, -0.05) is 19.8 Å². The van der Waals surface area contributed by atoms with Crippen molar-refractivity contribution in [2.45, 2.75) is 51.4 Å². The van der Waals surface area contributed by atoms with Crippen molar-refractivity contribution in [1.29, 1.82) is 0 Å². The Morgan fingerprint density at radius 1 is 1.42 bits per heavy atom. The summed E-state index contributed by atoms with van der Waals surface area (Å²) in [6, 6.07) is 4.81. The number of ether oxygens (including phenoxy) is 1. The van der Waals surface area contributed by atoms with Crippen LogP contribution in [0.15, 0.2) is 23.0 Å². The second-order valence-electron chi connectivity index (χ2n) is 7.97. The molecule has 0 aliphatic heterocycles. The molecule has 3 atom stereocenters. The van der Waals surface area contributed by atoms with Gasteiger partial charge >= 0.3 is 0 Å². The Bertz CT molecular complexity index is 895. The van der Waals surface area contributed by atoms with Gasteiger partial charge in [0.15, 0.2) is 5.69 Å². The average Bonchev–Trinajstić information content (AvgIpc) is 3.21. The Kier molecular flexibility index (Phi) is 4.04. The highest BCUT2D eigenvalue weighted by Gasteiger charge is 2.58. The number of hydrogen-bond donors (Lipinski definition) is 1. The fourth-order valence-electron chi connectivity index (χ4n) is 4.88. The van der Waals surface area contributed by atoms with E-state index in [4.69, 9.17) is 4.74 Å². The van der Waals surface area contributed by atoms with E-state index in [0.717, 1.165) is 6.42 Å². The van der Waals surface area contributed by atoms with Crippen LogP contribution in [0.5, 0.6) is 5.75 Å². The molecule has 2 fully saturated rings. The summed E-state index contributed by atoms with van der Waals surface area (Å²) < 4.78 is 34.6. The molecule has 140 valence electrons. The second-order valence-corrected chi connectivity index (χ2v) is 7.97. The molecule has 26 heavy (non-hydrogen) atoms. The van der Waals surface area contributed by atoms with Gasteiger partial charge in [-0.25, -0.2) is 4.98 Å². The van der Waals surface area contributed by atoms with Crippen LogP contribution in [0, 0.1) is 17.3 Å². The topological polar surface area (TPSA) is 55.0 Å². The number of nitrogens with zero attached hydrogens (tertiary/aromatic N) is 1. The van der Waals surface area contributed by atoms with Crippen LogP contribution < -0.4 is 10.3 Å². The summed E-state index contributed by atoms with van der Waals surface area (Å²) in [6.07, 6.45) is 4.79. The Hall–Kier alpha value is -1.98. The maximum Gasteiger partial charge on any atom is 0.295 e. The zero-order chi connectivity index (χ0) is 18.5. The summed E-state index contributed by atoms with van der Waals surface area (Å²) in [4.78, 5) is 18.7. The number of nitrogens with one attached hydrogen (secondary N) is 1. The lowest BCUT2D eigenvalue weighted by atomic mass is 9.90. The monoisotopic (exact) mass is 362 g/mol. The van der Waals surface area contributed by atoms with Crippen molar-refractivity contribution in [1.82, 2.24) is 9.97 Å². The molecular formula is C20H24F2N2O2. The van der Waals surface area contributed by atoms with Crippen LogP contribution >= 0.6 is 0 Å². The van der Waals surface area contributed by atoms with Gasteiger partial charge in [0.05, 0.1) is 18.1 Å². The van der Waals surface area contributed by atoms with Gasteiger partial charge in [-0.2, -0.15) is 8.78 Å². The van der Waals surface area contributed by atoms with E-state index in [0.29, 0.717) is 40.5 Å². The Balaban J connectivity index is 1.54. The number of alkyl halides is 2. The molecule has 0 radical (unpaired) electrons. The molecule has 2 saturated carbocycles. The van der Waals surface area contributed by atoms with Crippen molar-refractivity contribution >= 4 is 11.0 Å². The van der Waals surface area contributed by atoms with Gasteiger partial charge < -0.3 is 9.72 Å². The van der Waals surface area contributed by atoms with E-state index in [-0.39, 0.29) is 6.42 Å². The first-order valence-electron chi connectivity index (χ1n) is 9.32. The molecule has 4 nitrogen and oxygen atoms in total. The summed E-state index contributed by atoms with van der Waals surface area (Å²) in [5, 5.41) is 0. The normalized spacial score (nSPS) is 28.0. The number of methoxy groups -OCH3 is 1. The number of fused-ring (bicyclic) bond motifs is 1.